The van der Waals surface area contributed by atoms with Gasteiger partial charge in [-0.3, -0.25) is 4.57 Å². The standard InChI is InChI=1S/C34H26N4/c1-3-11-23(12-4-1)32-27-16-7-9-17-29(27)35-34(36-32)38-31-18-10-8-15-25(31)26-19-20-30-28(33(26)38)21-22-37(30)24-13-5-2-6-14-24/h2-3,5-6,8-15,17-22H,1,4,7,16H2. The molecule has 0 saturated carbocycles. The molecule has 0 amide bonds. The first kappa shape index (κ1) is 21.4. The fraction of sp³-hybridized carbons (Fsp3) is 0.118. The van der Waals surface area contributed by atoms with Gasteiger partial charge in [-0.2, -0.15) is 0 Å². The maximum Gasteiger partial charge on any atom is 0.235 e. The van der Waals surface area contributed by atoms with Crippen molar-refractivity contribution in [1.82, 2.24) is 19.1 Å². The summed E-state index contributed by atoms with van der Waals surface area (Å²) in [6.07, 6.45) is 17.6. The summed E-state index contributed by atoms with van der Waals surface area (Å²) >= 11 is 0. The molecule has 4 nitrogen and oxygen atoms in total. The maximum atomic E-state index is 5.32. The van der Waals surface area contributed by atoms with Crippen molar-refractivity contribution in [2.24, 2.45) is 0 Å². The third kappa shape index (κ3) is 3.16. The minimum atomic E-state index is 0.733. The van der Waals surface area contributed by atoms with Crippen LogP contribution in [0.1, 0.15) is 36.2 Å². The number of nitrogens with zero attached hydrogens (tertiary/aromatic N) is 4. The molecule has 0 spiro atoms. The topological polar surface area (TPSA) is 35.6 Å². The van der Waals surface area contributed by atoms with Crippen LogP contribution in [0.5, 0.6) is 0 Å². The van der Waals surface area contributed by atoms with Gasteiger partial charge >= 0.3 is 0 Å². The van der Waals surface area contributed by atoms with Crippen LogP contribution < -0.4 is 0 Å². The summed E-state index contributed by atoms with van der Waals surface area (Å²) in [5.74, 6) is 0.733. The summed E-state index contributed by atoms with van der Waals surface area (Å²) in [4.78, 5) is 10.5. The van der Waals surface area contributed by atoms with E-state index in [-0.39, 0.29) is 0 Å². The molecule has 8 rings (SSSR count). The first-order valence-corrected chi connectivity index (χ1v) is 13.4. The molecular weight excluding hydrogens is 464 g/mol. The van der Waals surface area contributed by atoms with Crippen LogP contribution in [0.15, 0.2) is 103 Å². The molecule has 0 atom stereocenters. The van der Waals surface area contributed by atoms with Crippen molar-refractivity contribution in [3.8, 4) is 11.6 Å². The first-order valence-electron chi connectivity index (χ1n) is 13.4. The van der Waals surface area contributed by atoms with Crippen LogP contribution in [0.3, 0.4) is 0 Å². The van der Waals surface area contributed by atoms with Gasteiger partial charge in [-0.05, 0) is 67.7 Å². The highest BCUT2D eigenvalue weighted by atomic mass is 15.2. The lowest BCUT2D eigenvalue weighted by Crippen LogP contribution is -2.11. The Morgan fingerprint density at radius 3 is 2.42 bits per heavy atom. The molecular formula is C34H26N4. The van der Waals surface area contributed by atoms with Gasteiger partial charge in [0.1, 0.15) is 0 Å². The van der Waals surface area contributed by atoms with Gasteiger partial charge in [0.25, 0.3) is 0 Å². The van der Waals surface area contributed by atoms with Crippen LogP contribution in [-0.4, -0.2) is 19.1 Å². The van der Waals surface area contributed by atoms with Crippen LogP contribution >= 0.6 is 0 Å². The quantitative estimate of drug-likeness (QED) is 0.251. The number of aromatic nitrogens is 4. The zero-order valence-corrected chi connectivity index (χ0v) is 21.0. The Morgan fingerprint density at radius 2 is 1.53 bits per heavy atom. The molecule has 0 unspecified atom stereocenters. The third-order valence-electron chi connectivity index (χ3n) is 7.87. The molecule has 0 saturated heterocycles. The van der Waals surface area contributed by atoms with E-state index in [1.54, 1.807) is 0 Å². The largest absolute Gasteiger partial charge is 0.316 e. The van der Waals surface area contributed by atoms with Gasteiger partial charge in [-0.25, -0.2) is 9.97 Å². The molecule has 0 radical (unpaired) electrons. The van der Waals surface area contributed by atoms with Crippen LogP contribution in [0.2, 0.25) is 0 Å². The summed E-state index contributed by atoms with van der Waals surface area (Å²) < 4.78 is 4.54. The van der Waals surface area contributed by atoms with Crippen LogP contribution in [0, 0.1) is 0 Å². The number of hydrogen-bond donors (Lipinski definition) is 0. The highest BCUT2D eigenvalue weighted by Crippen LogP contribution is 2.38. The average Bonchev–Trinajstić information content (AvgIpc) is 3.57. The highest BCUT2D eigenvalue weighted by molar-refractivity contribution is 6.18. The molecule has 4 heteroatoms. The van der Waals surface area contributed by atoms with Crippen LogP contribution in [0.4, 0.5) is 0 Å². The number of benzene rings is 3. The van der Waals surface area contributed by atoms with Gasteiger partial charge in [0.15, 0.2) is 0 Å². The van der Waals surface area contributed by atoms with E-state index in [1.165, 1.54) is 32.8 Å². The predicted molar refractivity (Wildman–Crippen MR) is 157 cm³/mol. The summed E-state index contributed by atoms with van der Waals surface area (Å²) in [5.41, 5.74) is 9.18. The Balaban J connectivity index is 1.47. The molecule has 2 aliphatic carbocycles. The zero-order chi connectivity index (χ0) is 25.1. The molecule has 3 aromatic heterocycles. The minimum absolute atomic E-state index is 0.733. The second-order valence-corrected chi connectivity index (χ2v) is 10.1. The third-order valence-corrected chi connectivity index (χ3v) is 7.87. The number of rotatable bonds is 3. The van der Waals surface area contributed by atoms with E-state index in [1.807, 2.05) is 0 Å². The smallest absolute Gasteiger partial charge is 0.235 e. The molecule has 2 aliphatic rings. The molecule has 38 heavy (non-hydrogen) atoms. The lowest BCUT2D eigenvalue weighted by Gasteiger charge is -2.18. The van der Waals surface area contributed by atoms with E-state index in [9.17, 15) is 0 Å². The van der Waals surface area contributed by atoms with Gasteiger partial charge in [-0.1, -0.05) is 66.8 Å². The van der Waals surface area contributed by atoms with Crippen molar-refractivity contribution < 1.29 is 0 Å². The molecule has 3 aromatic carbocycles. The van der Waals surface area contributed by atoms with Gasteiger partial charge in [0, 0.05) is 33.6 Å². The fourth-order valence-corrected chi connectivity index (χ4v) is 6.12. The molecule has 3 heterocycles. The van der Waals surface area contributed by atoms with Crippen molar-refractivity contribution in [3.05, 3.63) is 120 Å². The molecule has 0 aliphatic heterocycles. The van der Waals surface area contributed by atoms with Crippen molar-refractivity contribution in [2.75, 3.05) is 0 Å². The number of fused-ring (bicyclic) bond motifs is 6. The Labute approximate surface area is 220 Å². The van der Waals surface area contributed by atoms with E-state index in [2.05, 4.69) is 119 Å². The maximum absolute atomic E-state index is 5.32. The summed E-state index contributed by atoms with van der Waals surface area (Å²) in [7, 11) is 0. The lowest BCUT2D eigenvalue weighted by atomic mass is 9.94. The second kappa shape index (κ2) is 8.42. The zero-order valence-electron chi connectivity index (χ0n) is 21.0. The van der Waals surface area contributed by atoms with Crippen molar-refractivity contribution in [1.29, 1.82) is 0 Å². The summed E-state index contributed by atoms with van der Waals surface area (Å²) in [5, 5.41) is 3.62. The fourth-order valence-electron chi connectivity index (χ4n) is 6.12. The normalized spacial score (nSPS) is 14.9. The summed E-state index contributed by atoms with van der Waals surface area (Å²) in [6.45, 7) is 0. The summed E-state index contributed by atoms with van der Waals surface area (Å²) in [6, 6.07) is 25.9. The van der Waals surface area contributed by atoms with Gasteiger partial charge in [0.2, 0.25) is 5.95 Å². The van der Waals surface area contributed by atoms with Gasteiger partial charge < -0.3 is 4.57 Å². The highest BCUT2D eigenvalue weighted by Gasteiger charge is 2.22. The van der Waals surface area contributed by atoms with Crippen molar-refractivity contribution >= 4 is 44.4 Å². The Hall–Kier alpha value is -4.70. The molecule has 0 N–H and O–H groups in total. The van der Waals surface area contributed by atoms with Crippen molar-refractivity contribution in [2.45, 2.75) is 25.7 Å². The molecule has 0 fully saturated rings. The minimum Gasteiger partial charge on any atom is -0.316 e. The molecule has 0 bridgehead atoms. The molecule has 182 valence electrons. The van der Waals surface area contributed by atoms with E-state index >= 15 is 0 Å². The van der Waals surface area contributed by atoms with Gasteiger partial charge in [0.05, 0.1) is 27.9 Å². The lowest BCUT2D eigenvalue weighted by molar-refractivity contribution is 0.893. The first-order chi connectivity index (χ1) is 18.9. The van der Waals surface area contributed by atoms with Crippen molar-refractivity contribution in [3.63, 3.8) is 0 Å². The predicted octanol–water partition coefficient (Wildman–Crippen LogP) is 8.21. The Kier molecular flexibility index (Phi) is 4.74. The molecule has 6 aromatic rings. The average molecular weight is 491 g/mol. The van der Waals surface area contributed by atoms with E-state index < -0.39 is 0 Å². The Morgan fingerprint density at radius 1 is 0.658 bits per heavy atom. The number of allylic oxidation sites excluding steroid dienone is 5. The number of hydrogen-bond acceptors (Lipinski definition) is 2. The SMILES string of the molecule is C1=CC(c2nc(-n3c4ccccc4c4ccc5c(ccn5-c5ccccc5)c43)nc3c2CCC=C3)=CCC1. The van der Waals surface area contributed by atoms with Crippen LogP contribution in [-0.2, 0) is 6.42 Å². The van der Waals surface area contributed by atoms with Gasteiger partial charge in [-0.15, -0.1) is 0 Å². The van der Waals surface area contributed by atoms with E-state index in [0.29, 0.717) is 0 Å². The van der Waals surface area contributed by atoms with E-state index in [0.717, 1.165) is 59.7 Å². The second-order valence-electron chi connectivity index (χ2n) is 10.1. The Bertz CT molecular complexity index is 1960. The monoisotopic (exact) mass is 490 g/mol. The van der Waals surface area contributed by atoms with Crippen LogP contribution in [0.25, 0.3) is 56.0 Å². The number of para-hydroxylation sites is 2. The van der Waals surface area contributed by atoms with E-state index in [4.69, 9.17) is 9.97 Å².